The molecule has 7 heteroatoms. The first-order valence-corrected chi connectivity index (χ1v) is 8.31. The van der Waals surface area contributed by atoms with Crippen LogP contribution in [0.1, 0.15) is 59.8 Å². The number of ether oxygens (including phenoxy) is 2. The molecule has 1 aliphatic rings. The lowest BCUT2D eigenvalue weighted by molar-refractivity contribution is -0.161. The van der Waals surface area contributed by atoms with Crippen LogP contribution in [0.3, 0.4) is 0 Å². The van der Waals surface area contributed by atoms with E-state index in [1.165, 1.54) is 0 Å². The third-order valence-corrected chi connectivity index (χ3v) is 3.90. The molecule has 24 heavy (non-hydrogen) atoms. The molecule has 0 aliphatic heterocycles. The molecule has 0 saturated heterocycles. The van der Waals surface area contributed by atoms with Crippen molar-refractivity contribution in [2.45, 2.75) is 65.4 Å². The molecular weight excluding hydrogens is 314 g/mol. The number of oxime groups is 1. The summed E-state index contributed by atoms with van der Waals surface area (Å²) in [6.45, 7) is 7.25. The quantitative estimate of drug-likeness (QED) is 0.345. The van der Waals surface area contributed by atoms with Gasteiger partial charge in [0.15, 0.2) is 5.71 Å². The van der Waals surface area contributed by atoms with Crippen molar-refractivity contribution in [3.8, 4) is 0 Å². The molecule has 0 bridgehead atoms. The van der Waals surface area contributed by atoms with Gasteiger partial charge in [0.25, 0.3) is 0 Å². The van der Waals surface area contributed by atoms with Gasteiger partial charge in [0, 0.05) is 5.92 Å². The van der Waals surface area contributed by atoms with Crippen molar-refractivity contribution < 1.29 is 29.1 Å². The average Bonchev–Trinajstić information content (AvgIpc) is 2.51. The van der Waals surface area contributed by atoms with E-state index < -0.39 is 11.6 Å². The number of Topliss-reactive ketones (excluding diaryl/α,β-unsaturated/α-hetero) is 1. The molecular formula is C17H27NO6. The summed E-state index contributed by atoms with van der Waals surface area (Å²) in [7, 11) is 0. The fourth-order valence-electron chi connectivity index (χ4n) is 2.71. The van der Waals surface area contributed by atoms with Gasteiger partial charge in [0.05, 0.1) is 18.9 Å². The van der Waals surface area contributed by atoms with Gasteiger partial charge in [-0.15, -0.1) is 0 Å². The van der Waals surface area contributed by atoms with Gasteiger partial charge in [-0.3, -0.25) is 9.59 Å². The molecule has 0 amide bonds. The Balaban J connectivity index is 2.51. The Bertz CT molecular complexity index is 498. The monoisotopic (exact) mass is 341 g/mol. The van der Waals surface area contributed by atoms with Crippen LogP contribution in [-0.2, 0) is 23.9 Å². The van der Waals surface area contributed by atoms with E-state index >= 15 is 0 Å². The maximum Gasteiger partial charge on any atom is 0.356 e. The van der Waals surface area contributed by atoms with Crippen LogP contribution in [-0.4, -0.2) is 40.8 Å². The number of nitrogens with zero attached hydrogens (tertiary/aromatic N) is 1. The van der Waals surface area contributed by atoms with E-state index in [0.29, 0.717) is 25.7 Å². The molecule has 1 aliphatic carbocycles. The third kappa shape index (κ3) is 6.29. The summed E-state index contributed by atoms with van der Waals surface area (Å²) in [6.07, 6.45) is 2.03. The molecule has 1 fully saturated rings. The summed E-state index contributed by atoms with van der Waals surface area (Å²) >= 11 is 0. The normalized spacial score (nSPS) is 21.9. The number of carbonyl (C=O) groups is 3. The zero-order valence-corrected chi connectivity index (χ0v) is 14.8. The zero-order valence-electron chi connectivity index (χ0n) is 14.8. The van der Waals surface area contributed by atoms with E-state index in [1.54, 1.807) is 6.92 Å². The van der Waals surface area contributed by atoms with E-state index in [-0.39, 0.29) is 42.3 Å². The molecule has 1 rings (SSSR count). The number of rotatable bonds is 6. The highest BCUT2D eigenvalue weighted by Crippen LogP contribution is 2.31. The van der Waals surface area contributed by atoms with Crippen LogP contribution >= 0.6 is 0 Å². The highest BCUT2D eigenvalue weighted by Gasteiger charge is 2.33. The van der Waals surface area contributed by atoms with Gasteiger partial charge in [-0.1, -0.05) is 5.16 Å². The highest BCUT2D eigenvalue weighted by atomic mass is 16.6. The van der Waals surface area contributed by atoms with Crippen LogP contribution in [0.15, 0.2) is 5.16 Å². The van der Waals surface area contributed by atoms with Crippen molar-refractivity contribution >= 4 is 23.4 Å². The van der Waals surface area contributed by atoms with Crippen LogP contribution < -0.4 is 0 Å². The van der Waals surface area contributed by atoms with E-state index in [4.69, 9.17) is 14.7 Å². The second kappa shape index (κ2) is 8.80. The van der Waals surface area contributed by atoms with Gasteiger partial charge in [-0.05, 0) is 53.4 Å². The van der Waals surface area contributed by atoms with Gasteiger partial charge < -0.3 is 14.7 Å². The Hall–Kier alpha value is -1.92. The minimum absolute atomic E-state index is 0.146. The SMILES string of the molecule is CCOC(=O)/C(CC(=O)C1CCC(C(=O)OC(C)(C)C)CC1)=N\O. The molecule has 0 aromatic heterocycles. The molecule has 1 N–H and O–H groups in total. The minimum Gasteiger partial charge on any atom is -0.461 e. The van der Waals surface area contributed by atoms with E-state index in [9.17, 15) is 14.4 Å². The second-order valence-electron chi connectivity index (χ2n) is 6.99. The summed E-state index contributed by atoms with van der Waals surface area (Å²) in [5, 5.41) is 11.7. The standard InChI is InChI=1S/C17H27NO6/c1-5-23-16(21)13(18-22)10-14(19)11-6-8-12(9-7-11)15(20)24-17(2,3)4/h11-12,22H,5-10H2,1-4H3/b18-13-. The Labute approximate surface area is 142 Å². The number of ketones is 1. The van der Waals surface area contributed by atoms with E-state index in [2.05, 4.69) is 5.16 Å². The van der Waals surface area contributed by atoms with Crippen LogP contribution in [0.4, 0.5) is 0 Å². The molecule has 0 aromatic carbocycles. The Morgan fingerprint density at radius 2 is 1.62 bits per heavy atom. The van der Waals surface area contributed by atoms with Crippen LogP contribution in [0.25, 0.3) is 0 Å². The Morgan fingerprint density at radius 3 is 2.08 bits per heavy atom. The average molecular weight is 341 g/mol. The summed E-state index contributed by atoms with van der Waals surface area (Å²) in [5.74, 6) is -1.61. The molecule has 0 unspecified atom stereocenters. The fourth-order valence-corrected chi connectivity index (χ4v) is 2.71. The first-order chi connectivity index (χ1) is 11.2. The molecule has 0 atom stereocenters. The first kappa shape index (κ1) is 20.1. The van der Waals surface area contributed by atoms with Crippen LogP contribution in [0.5, 0.6) is 0 Å². The number of esters is 2. The first-order valence-electron chi connectivity index (χ1n) is 8.31. The Kier molecular flexibility index (Phi) is 7.38. The van der Waals surface area contributed by atoms with Crippen molar-refractivity contribution in [2.75, 3.05) is 6.61 Å². The van der Waals surface area contributed by atoms with E-state index in [0.717, 1.165) is 0 Å². The molecule has 7 nitrogen and oxygen atoms in total. The summed E-state index contributed by atoms with van der Waals surface area (Å²) in [4.78, 5) is 35.9. The summed E-state index contributed by atoms with van der Waals surface area (Å²) in [5.41, 5.74) is -0.799. The van der Waals surface area contributed by atoms with Gasteiger partial charge >= 0.3 is 11.9 Å². The predicted molar refractivity (Wildman–Crippen MR) is 86.8 cm³/mol. The van der Waals surface area contributed by atoms with Crippen molar-refractivity contribution in [1.29, 1.82) is 0 Å². The van der Waals surface area contributed by atoms with Crippen molar-refractivity contribution in [1.82, 2.24) is 0 Å². The lowest BCUT2D eigenvalue weighted by Gasteiger charge is -2.29. The second-order valence-corrected chi connectivity index (χ2v) is 6.99. The van der Waals surface area contributed by atoms with Crippen molar-refractivity contribution in [3.63, 3.8) is 0 Å². The summed E-state index contributed by atoms with van der Waals surface area (Å²) < 4.78 is 10.1. The lowest BCUT2D eigenvalue weighted by atomic mass is 9.79. The predicted octanol–water partition coefficient (Wildman–Crippen LogP) is 2.49. The molecule has 136 valence electrons. The topological polar surface area (TPSA) is 102 Å². The molecule has 0 spiro atoms. The fraction of sp³-hybridized carbons (Fsp3) is 0.765. The molecule has 0 radical (unpaired) electrons. The number of carbonyl (C=O) groups excluding carboxylic acids is 3. The van der Waals surface area contributed by atoms with E-state index in [1.807, 2.05) is 20.8 Å². The van der Waals surface area contributed by atoms with Crippen LogP contribution in [0.2, 0.25) is 0 Å². The van der Waals surface area contributed by atoms with Gasteiger partial charge in [-0.25, -0.2) is 4.79 Å². The molecule has 0 aromatic rings. The van der Waals surface area contributed by atoms with Gasteiger partial charge in [-0.2, -0.15) is 0 Å². The van der Waals surface area contributed by atoms with Crippen molar-refractivity contribution in [3.05, 3.63) is 0 Å². The van der Waals surface area contributed by atoms with Crippen LogP contribution in [0, 0.1) is 11.8 Å². The smallest absolute Gasteiger partial charge is 0.356 e. The maximum absolute atomic E-state index is 12.3. The maximum atomic E-state index is 12.3. The van der Waals surface area contributed by atoms with Gasteiger partial charge in [0.1, 0.15) is 11.4 Å². The van der Waals surface area contributed by atoms with Gasteiger partial charge in [0.2, 0.25) is 0 Å². The number of hydrogen-bond donors (Lipinski definition) is 1. The minimum atomic E-state index is -0.782. The Morgan fingerprint density at radius 1 is 1.08 bits per heavy atom. The van der Waals surface area contributed by atoms with Crippen molar-refractivity contribution in [2.24, 2.45) is 17.0 Å². The molecule has 1 saturated carbocycles. The number of hydrogen-bond acceptors (Lipinski definition) is 7. The summed E-state index contributed by atoms with van der Waals surface area (Å²) in [6, 6.07) is 0. The third-order valence-electron chi connectivity index (χ3n) is 3.90. The highest BCUT2D eigenvalue weighted by molar-refractivity contribution is 6.39. The largest absolute Gasteiger partial charge is 0.461 e. The zero-order chi connectivity index (χ0) is 18.3. The molecule has 0 heterocycles. The lowest BCUT2D eigenvalue weighted by Crippen LogP contribution is -2.33.